The van der Waals surface area contributed by atoms with Crippen molar-refractivity contribution in [2.75, 3.05) is 5.73 Å². The Morgan fingerprint density at radius 1 is 1.24 bits per heavy atom. The summed E-state index contributed by atoms with van der Waals surface area (Å²) in [4.78, 5) is 16.3. The number of nitrogens with two attached hydrogens (primary N) is 1. The molecule has 1 aliphatic heterocycles. The van der Waals surface area contributed by atoms with Gasteiger partial charge >= 0.3 is 13.7 Å². The van der Waals surface area contributed by atoms with Gasteiger partial charge in [-0.2, -0.15) is 10.2 Å². The molecule has 38 heavy (non-hydrogen) atoms. The Morgan fingerprint density at radius 2 is 1.95 bits per heavy atom. The first-order valence-electron chi connectivity index (χ1n) is 11.8. The summed E-state index contributed by atoms with van der Waals surface area (Å²) in [5.41, 5.74) is 5.27. The first-order chi connectivity index (χ1) is 17.9. The van der Waals surface area contributed by atoms with E-state index >= 15 is 0 Å². The lowest BCUT2D eigenvalue weighted by molar-refractivity contribution is -0.149. The molecule has 0 amide bonds. The van der Waals surface area contributed by atoms with Crippen LogP contribution in [-0.2, 0) is 29.0 Å². The van der Waals surface area contributed by atoms with Crippen LogP contribution in [0.2, 0.25) is 0 Å². The molecule has 1 aromatic carbocycles. The Bertz CT molecular complexity index is 1380. The molecule has 3 heterocycles. The molecule has 2 aromatic heterocycles. The fourth-order valence-electron chi connectivity index (χ4n) is 3.89. The minimum Gasteiger partial charge on any atom is -0.477 e. The van der Waals surface area contributed by atoms with Gasteiger partial charge in [0.15, 0.2) is 17.2 Å². The van der Waals surface area contributed by atoms with Crippen molar-refractivity contribution in [2.45, 2.75) is 57.6 Å². The van der Waals surface area contributed by atoms with Gasteiger partial charge in [-0.1, -0.05) is 18.2 Å². The number of aliphatic hydroxyl groups is 2. The number of ether oxygens (including phenoxy) is 2. The normalized spacial score (nSPS) is 24.7. The SMILES string of the molecule is CC(C)OC(=O)[C@H](C)NP(=O)(O/C=C1/O[C@@](C)(c2ccc3c(N)ncnn23)[C@H](O)[C@@H]1O)Oc1ccccc1. The van der Waals surface area contributed by atoms with Gasteiger partial charge in [-0.25, -0.2) is 14.1 Å². The van der Waals surface area contributed by atoms with Gasteiger partial charge in [0.25, 0.3) is 0 Å². The standard InChI is InChI=1S/C24H30N5O8P/c1-14(2)35-23(32)15(3)28-38(33,37-16-8-6-5-7-9-16)34-12-18-20(30)21(31)24(4,36-18)19-11-10-17-22(25)26-13-27-29(17)19/h5-15,20-21,30-31H,1-4H3,(H,28,33)(H2,25,26,27)/b18-12+/t15-,20+,21+,24-,38?/m0/s1. The predicted molar refractivity (Wildman–Crippen MR) is 136 cm³/mol. The van der Waals surface area contributed by atoms with E-state index in [1.807, 2.05) is 0 Å². The number of benzene rings is 1. The van der Waals surface area contributed by atoms with Gasteiger partial charge in [-0.05, 0) is 52.0 Å². The van der Waals surface area contributed by atoms with Crippen molar-refractivity contribution < 1.29 is 38.1 Å². The molecule has 0 aliphatic carbocycles. The lowest BCUT2D eigenvalue weighted by Gasteiger charge is -2.26. The van der Waals surface area contributed by atoms with Gasteiger partial charge < -0.3 is 34.5 Å². The van der Waals surface area contributed by atoms with E-state index < -0.39 is 43.7 Å². The number of aromatic nitrogens is 3. The number of nitrogens with one attached hydrogen (secondary N) is 1. The topological polar surface area (TPSA) is 180 Å². The van der Waals surface area contributed by atoms with Crippen molar-refractivity contribution in [1.29, 1.82) is 0 Å². The lowest BCUT2D eigenvalue weighted by atomic mass is 9.94. The maximum atomic E-state index is 13.7. The summed E-state index contributed by atoms with van der Waals surface area (Å²) in [6, 6.07) is 10.4. The summed E-state index contributed by atoms with van der Waals surface area (Å²) in [5, 5.41) is 28.4. The summed E-state index contributed by atoms with van der Waals surface area (Å²) in [6.07, 6.45) is -1.28. The summed E-state index contributed by atoms with van der Waals surface area (Å²) >= 11 is 0. The fourth-order valence-corrected chi connectivity index (χ4v) is 5.27. The molecule has 0 spiro atoms. The first-order valence-corrected chi connectivity index (χ1v) is 13.3. The van der Waals surface area contributed by atoms with Crippen molar-refractivity contribution in [2.24, 2.45) is 0 Å². The molecule has 5 atom stereocenters. The van der Waals surface area contributed by atoms with Gasteiger partial charge in [0.2, 0.25) is 0 Å². The number of fused-ring (bicyclic) bond motifs is 1. The molecule has 5 N–H and O–H groups in total. The number of aliphatic hydroxyl groups excluding tert-OH is 2. The highest BCUT2D eigenvalue weighted by molar-refractivity contribution is 7.52. The van der Waals surface area contributed by atoms with Gasteiger partial charge in [0.1, 0.15) is 42.1 Å². The average molecular weight is 548 g/mol. The Labute approximate surface area is 218 Å². The van der Waals surface area contributed by atoms with Crippen LogP contribution in [-0.4, -0.2) is 55.1 Å². The minimum atomic E-state index is -4.28. The molecule has 4 rings (SSSR count). The van der Waals surface area contributed by atoms with Crippen LogP contribution in [0.1, 0.15) is 33.4 Å². The maximum Gasteiger partial charge on any atom is 0.513 e. The summed E-state index contributed by atoms with van der Waals surface area (Å²) in [6.45, 7) is 6.35. The monoisotopic (exact) mass is 547 g/mol. The highest BCUT2D eigenvalue weighted by Gasteiger charge is 2.52. The van der Waals surface area contributed by atoms with Crippen LogP contribution in [0.5, 0.6) is 5.75 Å². The molecule has 0 radical (unpaired) electrons. The second-order valence-electron chi connectivity index (χ2n) is 9.12. The molecule has 1 fully saturated rings. The Balaban J connectivity index is 1.61. The lowest BCUT2D eigenvalue weighted by Crippen LogP contribution is -2.39. The van der Waals surface area contributed by atoms with Crippen LogP contribution in [0.4, 0.5) is 5.82 Å². The number of hydrogen-bond acceptors (Lipinski definition) is 11. The number of para-hydroxylation sites is 1. The first kappa shape index (κ1) is 27.4. The van der Waals surface area contributed by atoms with E-state index in [4.69, 9.17) is 24.3 Å². The van der Waals surface area contributed by atoms with Crippen molar-refractivity contribution in [1.82, 2.24) is 19.7 Å². The smallest absolute Gasteiger partial charge is 0.477 e. The van der Waals surface area contributed by atoms with Gasteiger partial charge in [-0.3, -0.25) is 4.79 Å². The van der Waals surface area contributed by atoms with Crippen molar-refractivity contribution >= 4 is 25.1 Å². The van der Waals surface area contributed by atoms with E-state index in [0.29, 0.717) is 11.2 Å². The number of rotatable bonds is 9. The molecular weight excluding hydrogens is 517 g/mol. The van der Waals surface area contributed by atoms with Gasteiger partial charge in [0, 0.05) is 0 Å². The number of carbonyl (C=O) groups is 1. The fraction of sp³-hybridized carbons (Fsp3) is 0.375. The second-order valence-corrected chi connectivity index (χ2v) is 10.8. The van der Waals surface area contributed by atoms with Crippen molar-refractivity contribution in [3.8, 4) is 5.75 Å². The highest BCUT2D eigenvalue weighted by atomic mass is 31.2. The summed E-state index contributed by atoms with van der Waals surface area (Å²) < 4.78 is 37.3. The molecule has 13 nitrogen and oxygen atoms in total. The molecule has 1 saturated heterocycles. The van der Waals surface area contributed by atoms with Crippen LogP contribution in [0, 0.1) is 0 Å². The summed E-state index contributed by atoms with van der Waals surface area (Å²) in [5.74, 6) is -0.485. The zero-order valence-electron chi connectivity index (χ0n) is 21.2. The third-order valence-corrected chi connectivity index (χ3v) is 7.35. The molecule has 0 bridgehead atoms. The van der Waals surface area contributed by atoms with Crippen LogP contribution in [0.15, 0.2) is 60.8 Å². The van der Waals surface area contributed by atoms with E-state index in [-0.39, 0.29) is 17.3 Å². The molecule has 3 aromatic rings. The maximum absolute atomic E-state index is 13.7. The van der Waals surface area contributed by atoms with E-state index in [1.165, 1.54) is 17.8 Å². The molecule has 1 unspecified atom stereocenters. The molecule has 1 aliphatic rings. The van der Waals surface area contributed by atoms with Gasteiger partial charge in [0.05, 0.1) is 11.8 Å². The van der Waals surface area contributed by atoms with Crippen LogP contribution < -0.4 is 15.3 Å². The van der Waals surface area contributed by atoms with Gasteiger partial charge in [-0.15, -0.1) is 0 Å². The average Bonchev–Trinajstić information content (AvgIpc) is 3.40. The number of hydrogen-bond donors (Lipinski definition) is 4. The third-order valence-electron chi connectivity index (χ3n) is 5.81. The largest absolute Gasteiger partial charge is 0.513 e. The Kier molecular flexibility index (Phi) is 7.65. The predicted octanol–water partition coefficient (Wildman–Crippen LogP) is 2.25. The summed E-state index contributed by atoms with van der Waals surface area (Å²) in [7, 11) is -4.28. The van der Waals surface area contributed by atoms with E-state index in [2.05, 4.69) is 15.2 Å². The number of carbonyl (C=O) groups excluding carboxylic acids is 1. The van der Waals surface area contributed by atoms with Crippen LogP contribution in [0.3, 0.4) is 0 Å². The molecule has 204 valence electrons. The zero-order valence-corrected chi connectivity index (χ0v) is 22.1. The van der Waals surface area contributed by atoms with Crippen LogP contribution >= 0.6 is 7.75 Å². The van der Waals surface area contributed by atoms with Crippen molar-refractivity contribution in [3.63, 3.8) is 0 Å². The third kappa shape index (κ3) is 5.46. The zero-order chi connectivity index (χ0) is 27.7. The number of anilines is 1. The van der Waals surface area contributed by atoms with Crippen molar-refractivity contribution in [3.05, 3.63) is 66.5 Å². The Morgan fingerprint density at radius 3 is 2.63 bits per heavy atom. The van der Waals surface area contributed by atoms with E-state index in [9.17, 15) is 19.6 Å². The van der Waals surface area contributed by atoms with E-state index in [1.54, 1.807) is 63.2 Å². The highest BCUT2D eigenvalue weighted by Crippen LogP contribution is 2.47. The molecular formula is C24H30N5O8P. The minimum absolute atomic E-state index is 0.195. The van der Waals surface area contributed by atoms with Crippen LogP contribution in [0.25, 0.3) is 5.52 Å². The number of nitrogen functional groups attached to an aromatic ring is 1. The number of esters is 1. The number of nitrogens with zero attached hydrogens (tertiary/aromatic N) is 3. The molecule has 0 saturated carbocycles. The molecule has 14 heteroatoms. The second kappa shape index (κ2) is 10.6. The quantitative estimate of drug-likeness (QED) is 0.175. The van der Waals surface area contributed by atoms with E-state index in [0.717, 1.165) is 6.26 Å². The Hall–Kier alpha value is -3.64.